The second-order valence-corrected chi connectivity index (χ2v) is 8.54. The molecular formula is C30H26NO5. The first-order valence-corrected chi connectivity index (χ1v) is 11.7. The van der Waals surface area contributed by atoms with Crippen LogP contribution in [0.5, 0.6) is 17.2 Å². The van der Waals surface area contributed by atoms with E-state index in [4.69, 9.17) is 14.2 Å². The van der Waals surface area contributed by atoms with E-state index in [1.165, 1.54) is 18.1 Å². The average Bonchev–Trinajstić information content (AvgIpc) is 3.24. The van der Waals surface area contributed by atoms with Gasteiger partial charge in [0.15, 0.2) is 5.75 Å². The van der Waals surface area contributed by atoms with Gasteiger partial charge < -0.3 is 14.2 Å². The van der Waals surface area contributed by atoms with Crippen molar-refractivity contribution in [3.8, 4) is 28.4 Å². The van der Waals surface area contributed by atoms with Gasteiger partial charge in [0.25, 0.3) is 0 Å². The van der Waals surface area contributed by atoms with Crippen LogP contribution in [0.4, 0.5) is 10.5 Å². The summed E-state index contributed by atoms with van der Waals surface area (Å²) < 4.78 is 16.8. The molecule has 1 aliphatic carbocycles. The van der Waals surface area contributed by atoms with Gasteiger partial charge in [-0.3, -0.25) is 10.0 Å². The molecule has 36 heavy (non-hydrogen) atoms. The van der Waals surface area contributed by atoms with Crippen LogP contribution in [0, 0.1) is 0 Å². The van der Waals surface area contributed by atoms with Crippen LogP contribution in [-0.2, 0) is 16.4 Å². The zero-order chi connectivity index (χ0) is 25.1. The van der Waals surface area contributed by atoms with Crippen LogP contribution in [0.15, 0.2) is 91.0 Å². The molecule has 0 saturated heterocycles. The van der Waals surface area contributed by atoms with Gasteiger partial charge in [-0.05, 0) is 40.5 Å². The molecule has 6 nitrogen and oxygen atoms in total. The largest absolute Gasteiger partial charge is 0.497 e. The highest BCUT2D eigenvalue weighted by molar-refractivity contribution is 5.90. The number of anilines is 1. The van der Waals surface area contributed by atoms with E-state index in [-0.39, 0.29) is 24.8 Å². The van der Waals surface area contributed by atoms with Gasteiger partial charge in [-0.25, -0.2) is 4.79 Å². The number of hydrogen-bond donors (Lipinski definition) is 0. The Morgan fingerprint density at radius 2 is 1.44 bits per heavy atom. The number of carbonyl (C=O) groups is 1. The Morgan fingerprint density at radius 3 is 2.08 bits per heavy atom. The van der Waals surface area contributed by atoms with E-state index in [2.05, 4.69) is 24.3 Å². The summed E-state index contributed by atoms with van der Waals surface area (Å²) in [7, 11) is 3.08. The van der Waals surface area contributed by atoms with Gasteiger partial charge in [0.05, 0.1) is 26.5 Å². The first-order valence-electron chi connectivity index (χ1n) is 11.7. The van der Waals surface area contributed by atoms with Gasteiger partial charge in [0.1, 0.15) is 18.1 Å². The van der Waals surface area contributed by atoms with Crippen LogP contribution in [0.1, 0.15) is 22.6 Å². The summed E-state index contributed by atoms with van der Waals surface area (Å²) in [4.78, 5) is 15.0. The van der Waals surface area contributed by atoms with Crippen molar-refractivity contribution in [1.82, 2.24) is 0 Å². The molecule has 1 aliphatic rings. The maximum atomic E-state index is 13.6. The lowest BCUT2D eigenvalue weighted by Crippen LogP contribution is -2.32. The molecule has 1 radical (unpaired) electrons. The Labute approximate surface area is 210 Å². The minimum atomic E-state index is -0.566. The molecule has 0 atom stereocenters. The summed E-state index contributed by atoms with van der Waals surface area (Å²) in [5, 5.41) is 12.5. The molecule has 4 aromatic rings. The number of ether oxygens (including phenoxy) is 3. The van der Waals surface area contributed by atoms with Crippen LogP contribution in [0.2, 0.25) is 0 Å². The summed E-state index contributed by atoms with van der Waals surface area (Å²) in [6.45, 7) is 0.208. The molecule has 4 aromatic carbocycles. The molecule has 0 unspecified atom stereocenters. The number of amides is 1. The van der Waals surface area contributed by atoms with Crippen molar-refractivity contribution in [2.24, 2.45) is 0 Å². The van der Waals surface area contributed by atoms with Crippen molar-refractivity contribution in [3.05, 3.63) is 108 Å². The Hall–Kier alpha value is -4.45. The SMILES string of the molecule is COc1ccc(N(Cc2ccccc2[O])C(=O)OCC2c3ccccc3-c3ccccc32)c(OC)c1. The quantitative estimate of drug-likeness (QED) is 0.292. The van der Waals surface area contributed by atoms with Gasteiger partial charge in [0, 0.05) is 17.5 Å². The molecule has 0 bridgehead atoms. The third-order valence-electron chi connectivity index (χ3n) is 6.54. The van der Waals surface area contributed by atoms with Crippen molar-refractivity contribution in [1.29, 1.82) is 0 Å². The topological polar surface area (TPSA) is 67.9 Å². The fraction of sp³-hybridized carbons (Fsp3) is 0.167. The lowest BCUT2D eigenvalue weighted by molar-refractivity contribution is 0.149. The molecule has 0 spiro atoms. The molecular weight excluding hydrogens is 454 g/mol. The Balaban J connectivity index is 1.46. The van der Waals surface area contributed by atoms with E-state index < -0.39 is 6.09 Å². The van der Waals surface area contributed by atoms with Crippen LogP contribution in [-0.4, -0.2) is 26.9 Å². The van der Waals surface area contributed by atoms with E-state index in [1.807, 2.05) is 24.3 Å². The van der Waals surface area contributed by atoms with Crippen molar-refractivity contribution in [3.63, 3.8) is 0 Å². The maximum Gasteiger partial charge on any atom is 0.414 e. The van der Waals surface area contributed by atoms with Gasteiger partial charge in [-0.2, -0.15) is 0 Å². The number of hydrogen-bond acceptors (Lipinski definition) is 4. The number of rotatable bonds is 7. The normalized spacial score (nSPS) is 11.9. The minimum absolute atomic E-state index is 0.0407. The zero-order valence-corrected chi connectivity index (χ0v) is 20.1. The Morgan fingerprint density at radius 1 is 0.806 bits per heavy atom. The molecule has 6 heteroatoms. The standard InChI is InChI=1S/C30H26NO5/c1-34-21-15-16-27(29(17-21)35-2)31(18-20-9-3-8-14-28(20)32)30(33)36-19-26-24-12-6-4-10-22(24)23-11-5-7-13-25(23)26/h3-17,26H,18-19H2,1-2H3. The highest BCUT2D eigenvalue weighted by Gasteiger charge is 2.30. The number of carbonyl (C=O) groups excluding carboxylic acids is 1. The number of fused-ring (bicyclic) bond motifs is 3. The number of methoxy groups -OCH3 is 2. The highest BCUT2D eigenvalue weighted by atomic mass is 16.6. The van der Waals surface area contributed by atoms with Gasteiger partial charge >= 0.3 is 6.09 Å². The minimum Gasteiger partial charge on any atom is -0.497 e. The monoisotopic (exact) mass is 480 g/mol. The third-order valence-corrected chi connectivity index (χ3v) is 6.54. The Kier molecular flexibility index (Phi) is 6.50. The third kappa shape index (κ3) is 4.33. The van der Waals surface area contributed by atoms with Crippen LogP contribution < -0.4 is 14.4 Å². The fourth-order valence-corrected chi connectivity index (χ4v) is 4.73. The molecule has 0 aromatic heterocycles. The number of nitrogens with zero attached hydrogens (tertiary/aromatic N) is 1. The first kappa shape index (κ1) is 23.3. The first-order chi connectivity index (χ1) is 17.6. The average molecular weight is 481 g/mol. The summed E-state index contributed by atoms with van der Waals surface area (Å²) in [5.74, 6) is 0.799. The zero-order valence-electron chi connectivity index (χ0n) is 20.1. The number of para-hydroxylation sites is 1. The lowest BCUT2D eigenvalue weighted by atomic mass is 9.98. The fourth-order valence-electron chi connectivity index (χ4n) is 4.73. The Bertz CT molecular complexity index is 1350. The van der Waals surface area contributed by atoms with Crippen LogP contribution in [0.25, 0.3) is 11.1 Å². The summed E-state index contributed by atoms with van der Waals surface area (Å²) in [5.41, 5.74) is 5.53. The predicted octanol–water partition coefficient (Wildman–Crippen LogP) is 6.80. The smallest absolute Gasteiger partial charge is 0.414 e. The predicted molar refractivity (Wildman–Crippen MR) is 137 cm³/mol. The highest BCUT2D eigenvalue weighted by Crippen LogP contribution is 2.44. The lowest BCUT2D eigenvalue weighted by Gasteiger charge is -2.25. The van der Waals surface area contributed by atoms with Gasteiger partial charge in [0.2, 0.25) is 0 Å². The van der Waals surface area contributed by atoms with E-state index in [0.29, 0.717) is 22.7 Å². The van der Waals surface area contributed by atoms with Crippen molar-refractivity contribution >= 4 is 11.8 Å². The van der Waals surface area contributed by atoms with Crippen LogP contribution >= 0.6 is 0 Å². The summed E-state index contributed by atoms with van der Waals surface area (Å²) in [6.07, 6.45) is -0.566. The van der Waals surface area contributed by atoms with Gasteiger partial charge in [-0.1, -0.05) is 66.7 Å². The molecule has 1 amide bonds. The molecule has 0 fully saturated rings. The van der Waals surface area contributed by atoms with E-state index in [0.717, 1.165) is 22.3 Å². The molecule has 181 valence electrons. The van der Waals surface area contributed by atoms with Crippen molar-refractivity contribution in [2.75, 3.05) is 25.7 Å². The van der Waals surface area contributed by atoms with Crippen molar-refractivity contribution < 1.29 is 24.1 Å². The van der Waals surface area contributed by atoms with Crippen molar-refractivity contribution in [2.45, 2.75) is 12.5 Å². The molecule has 0 aliphatic heterocycles. The molecule has 0 heterocycles. The molecule has 5 rings (SSSR count). The maximum absolute atomic E-state index is 13.6. The summed E-state index contributed by atoms with van der Waals surface area (Å²) >= 11 is 0. The van der Waals surface area contributed by atoms with E-state index in [1.54, 1.807) is 43.5 Å². The molecule has 0 saturated carbocycles. The summed E-state index contributed by atoms with van der Waals surface area (Å²) in [6, 6.07) is 28.2. The second kappa shape index (κ2) is 10.0. The van der Waals surface area contributed by atoms with E-state index in [9.17, 15) is 9.90 Å². The van der Waals surface area contributed by atoms with E-state index >= 15 is 0 Å². The van der Waals surface area contributed by atoms with Gasteiger partial charge in [-0.15, -0.1) is 0 Å². The molecule has 0 N–H and O–H groups in total. The number of benzene rings is 4. The van der Waals surface area contributed by atoms with Crippen LogP contribution in [0.3, 0.4) is 0 Å². The second-order valence-electron chi connectivity index (χ2n) is 8.54.